The average Bonchev–Trinajstić information content (AvgIpc) is 2.10. The van der Waals surface area contributed by atoms with Gasteiger partial charge in [0.05, 0.1) is 0 Å². The second-order valence-electron chi connectivity index (χ2n) is 2.97. The van der Waals surface area contributed by atoms with Gasteiger partial charge in [0.15, 0.2) is 0 Å². The Kier molecular flexibility index (Phi) is 5.37. The van der Waals surface area contributed by atoms with Gasteiger partial charge in [-0.3, -0.25) is 0 Å². The van der Waals surface area contributed by atoms with Crippen LogP contribution in [0.15, 0.2) is 61.4 Å². The summed E-state index contributed by atoms with van der Waals surface area (Å²) in [6.07, 6.45) is 9.38. The Hall–Kier alpha value is -1.50. The van der Waals surface area contributed by atoms with E-state index in [2.05, 4.69) is 19.7 Å². The summed E-state index contributed by atoms with van der Waals surface area (Å²) in [7, 11) is 3.94. The lowest BCUT2D eigenvalue weighted by atomic mass is 10.2. The summed E-state index contributed by atoms with van der Waals surface area (Å²) in [4.78, 5) is 1.96. The van der Waals surface area contributed by atoms with Gasteiger partial charge in [0.1, 0.15) is 0 Å². The highest BCUT2D eigenvalue weighted by Crippen LogP contribution is 2.00. The van der Waals surface area contributed by atoms with Gasteiger partial charge < -0.3 is 4.90 Å². The largest absolute Gasteiger partial charge is 0.383 e. The molecule has 0 aliphatic heterocycles. The maximum absolute atomic E-state index is 3.86. The van der Waals surface area contributed by atoms with Crippen molar-refractivity contribution in [3.05, 3.63) is 61.4 Å². The van der Waals surface area contributed by atoms with Crippen LogP contribution in [-0.4, -0.2) is 19.0 Å². The highest BCUT2D eigenvalue weighted by Gasteiger charge is 1.82. The number of allylic oxidation sites excluding steroid dienone is 6. The van der Waals surface area contributed by atoms with Crippen LogP contribution in [0.1, 0.15) is 0 Å². The summed E-state index contributed by atoms with van der Waals surface area (Å²) < 4.78 is 0. The zero-order chi connectivity index (χ0) is 10.3. The van der Waals surface area contributed by atoms with Gasteiger partial charge in [-0.15, -0.1) is 0 Å². The molecule has 0 bridgehead atoms. The third kappa shape index (κ3) is 6.88. The Balaban J connectivity index is 4.08. The first-order valence-corrected chi connectivity index (χ1v) is 4.09. The third-order valence-corrected chi connectivity index (χ3v) is 1.36. The molecule has 0 aromatic carbocycles. The van der Waals surface area contributed by atoms with Crippen molar-refractivity contribution in [3.8, 4) is 0 Å². The molecule has 0 spiro atoms. The minimum Gasteiger partial charge on any atom is -0.383 e. The molecule has 0 rings (SSSR count). The minimum absolute atomic E-state index is 0.888. The van der Waals surface area contributed by atoms with Crippen LogP contribution >= 0.6 is 0 Å². The summed E-state index contributed by atoms with van der Waals surface area (Å²) in [5.41, 5.74) is 1.83. The smallest absolute Gasteiger partial charge is 0.00556 e. The molecule has 70 valence electrons. The maximum atomic E-state index is 3.86. The van der Waals surface area contributed by atoms with Crippen molar-refractivity contribution in [2.45, 2.75) is 0 Å². The van der Waals surface area contributed by atoms with Crippen molar-refractivity contribution in [2.75, 3.05) is 14.1 Å². The molecule has 13 heavy (non-hydrogen) atoms. The summed E-state index contributed by atoms with van der Waals surface area (Å²) in [5.74, 6) is 0. The summed E-state index contributed by atoms with van der Waals surface area (Å²) >= 11 is 0. The van der Waals surface area contributed by atoms with Crippen molar-refractivity contribution in [3.63, 3.8) is 0 Å². The fraction of sp³-hybridized carbons (Fsp3) is 0.167. The SMILES string of the molecule is C=CC(=C)/C=C\C(=C)/C=C\N(C)C. The van der Waals surface area contributed by atoms with Gasteiger partial charge in [-0.2, -0.15) is 0 Å². The molecule has 0 atom stereocenters. The zero-order valence-electron chi connectivity index (χ0n) is 8.46. The van der Waals surface area contributed by atoms with Crippen LogP contribution in [0.25, 0.3) is 0 Å². The van der Waals surface area contributed by atoms with Gasteiger partial charge in [0, 0.05) is 14.1 Å². The van der Waals surface area contributed by atoms with E-state index in [1.165, 1.54) is 0 Å². The first-order valence-electron chi connectivity index (χ1n) is 4.09. The third-order valence-electron chi connectivity index (χ3n) is 1.36. The molecule has 0 fully saturated rings. The van der Waals surface area contributed by atoms with E-state index in [1.807, 2.05) is 43.4 Å². The predicted molar refractivity (Wildman–Crippen MR) is 60.4 cm³/mol. The van der Waals surface area contributed by atoms with Crippen LogP contribution in [0.5, 0.6) is 0 Å². The van der Waals surface area contributed by atoms with Gasteiger partial charge in [-0.25, -0.2) is 0 Å². The fourth-order valence-corrected chi connectivity index (χ4v) is 0.582. The molecule has 0 heterocycles. The lowest BCUT2D eigenvalue weighted by molar-refractivity contribution is 0.563. The standard InChI is InChI=1S/C12H17N/c1-6-11(2)7-8-12(3)9-10-13(4)5/h6-10H,1-3H2,4-5H3/b8-7-,10-9-. The van der Waals surface area contributed by atoms with Crippen LogP contribution in [-0.2, 0) is 0 Å². The first-order chi connectivity index (χ1) is 6.06. The second-order valence-corrected chi connectivity index (χ2v) is 2.97. The molecule has 1 nitrogen and oxygen atoms in total. The Bertz CT molecular complexity index is 254. The summed E-state index contributed by atoms with van der Waals surface area (Å²) in [6.45, 7) is 11.2. The van der Waals surface area contributed by atoms with Crippen molar-refractivity contribution < 1.29 is 0 Å². The van der Waals surface area contributed by atoms with Crippen LogP contribution in [0.2, 0.25) is 0 Å². The molecule has 0 saturated carbocycles. The Morgan fingerprint density at radius 3 is 2.00 bits per heavy atom. The summed E-state index contributed by atoms with van der Waals surface area (Å²) in [5, 5.41) is 0. The average molecular weight is 175 g/mol. The molecule has 0 aromatic rings. The van der Waals surface area contributed by atoms with E-state index in [1.54, 1.807) is 6.08 Å². The topological polar surface area (TPSA) is 3.24 Å². The molecule has 1 heteroatoms. The number of hydrogen-bond donors (Lipinski definition) is 0. The van der Waals surface area contributed by atoms with Crippen molar-refractivity contribution in [1.29, 1.82) is 0 Å². The fourth-order valence-electron chi connectivity index (χ4n) is 0.582. The molecule has 0 aliphatic carbocycles. The van der Waals surface area contributed by atoms with E-state index in [-0.39, 0.29) is 0 Å². The van der Waals surface area contributed by atoms with Gasteiger partial charge in [0.2, 0.25) is 0 Å². The molecule has 0 unspecified atom stereocenters. The number of rotatable bonds is 5. The molecule has 0 radical (unpaired) electrons. The Morgan fingerprint density at radius 2 is 1.54 bits per heavy atom. The van der Waals surface area contributed by atoms with E-state index in [9.17, 15) is 0 Å². The molecule has 0 N–H and O–H groups in total. The first kappa shape index (κ1) is 11.5. The number of hydrogen-bond acceptors (Lipinski definition) is 1. The number of nitrogens with zero attached hydrogens (tertiary/aromatic N) is 1. The van der Waals surface area contributed by atoms with Crippen LogP contribution in [0.3, 0.4) is 0 Å². The van der Waals surface area contributed by atoms with Crippen molar-refractivity contribution >= 4 is 0 Å². The van der Waals surface area contributed by atoms with E-state index >= 15 is 0 Å². The Labute approximate surface area is 81.1 Å². The minimum atomic E-state index is 0.888. The highest BCUT2D eigenvalue weighted by atomic mass is 15.0. The zero-order valence-corrected chi connectivity index (χ0v) is 8.46. The molecule has 0 amide bonds. The van der Waals surface area contributed by atoms with E-state index in [0.29, 0.717) is 0 Å². The van der Waals surface area contributed by atoms with Crippen LogP contribution in [0, 0.1) is 0 Å². The molecule has 0 saturated heterocycles. The molecular formula is C12H17N. The highest BCUT2D eigenvalue weighted by molar-refractivity contribution is 5.35. The van der Waals surface area contributed by atoms with Gasteiger partial charge in [-0.05, 0) is 23.4 Å². The van der Waals surface area contributed by atoms with Gasteiger partial charge in [-0.1, -0.05) is 38.0 Å². The summed E-state index contributed by atoms with van der Waals surface area (Å²) in [6, 6.07) is 0. The lowest BCUT2D eigenvalue weighted by Crippen LogP contribution is -1.99. The van der Waals surface area contributed by atoms with Gasteiger partial charge in [0.25, 0.3) is 0 Å². The normalized spacial score (nSPS) is 10.6. The van der Waals surface area contributed by atoms with Crippen LogP contribution < -0.4 is 0 Å². The Morgan fingerprint density at radius 1 is 1.00 bits per heavy atom. The van der Waals surface area contributed by atoms with Crippen molar-refractivity contribution in [1.82, 2.24) is 4.90 Å². The monoisotopic (exact) mass is 175 g/mol. The van der Waals surface area contributed by atoms with E-state index in [4.69, 9.17) is 0 Å². The van der Waals surface area contributed by atoms with Gasteiger partial charge >= 0.3 is 0 Å². The maximum Gasteiger partial charge on any atom is 0.00556 e. The molecule has 0 aromatic heterocycles. The molecular weight excluding hydrogens is 158 g/mol. The van der Waals surface area contributed by atoms with Crippen LogP contribution in [0.4, 0.5) is 0 Å². The second kappa shape index (κ2) is 6.06. The van der Waals surface area contributed by atoms with E-state index in [0.717, 1.165) is 11.1 Å². The van der Waals surface area contributed by atoms with Crippen molar-refractivity contribution in [2.24, 2.45) is 0 Å². The predicted octanol–water partition coefficient (Wildman–Crippen LogP) is 2.92. The van der Waals surface area contributed by atoms with E-state index < -0.39 is 0 Å². The lowest BCUT2D eigenvalue weighted by Gasteiger charge is -2.02. The molecule has 0 aliphatic rings. The quantitative estimate of drug-likeness (QED) is 0.581.